The van der Waals surface area contributed by atoms with E-state index >= 15 is 0 Å². The van der Waals surface area contributed by atoms with Crippen LogP contribution in [0.3, 0.4) is 0 Å². The van der Waals surface area contributed by atoms with E-state index in [2.05, 4.69) is 45.3 Å². The highest BCUT2D eigenvalue weighted by molar-refractivity contribution is 6.02. The Kier molecular flexibility index (Phi) is 5.96. The number of hydrogen-bond acceptors (Lipinski definition) is 8. The molecule has 1 aliphatic heterocycles. The van der Waals surface area contributed by atoms with Gasteiger partial charge < -0.3 is 5.32 Å². The van der Waals surface area contributed by atoms with Crippen LogP contribution >= 0.6 is 0 Å². The molecule has 0 aliphatic carbocycles. The van der Waals surface area contributed by atoms with Crippen molar-refractivity contribution in [2.24, 2.45) is 7.05 Å². The molecule has 0 unspecified atom stereocenters. The number of rotatable bonds is 5. The highest BCUT2D eigenvalue weighted by Gasteiger charge is 2.25. The molecule has 0 atom stereocenters. The standard InChI is InChI=1S/C28H29N9O/c1-17(2)26-21-13-18(5-8-23(21)34-36(26)4)22-9-10-29-28(33-22)32-19-6-7-20-24(14-19)30-16-31-27(20)37-12-11-35(3)15-25(37)38/h5-10,13-14,16-17H,11-12,15H2,1-4H3,(H,29,32,33). The molecule has 4 heterocycles. The fourth-order valence-electron chi connectivity index (χ4n) is 5.12. The van der Waals surface area contributed by atoms with E-state index in [1.807, 2.05) is 60.1 Å². The Balaban J connectivity index is 1.29. The van der Waals surface area contributed by atoms with E-state index in [4.69, 9.17) is 4.98 Å². The van der Waals surface area contributed by atoms with Crippen molar-refractivity contribution in [3.8, 4) is 11.3 Å². The normalized spacial score (nSPS) is 14.7. The number of hydrogen-bond donors (Lipinski definition) is 1. The molecule has 0 spiro atoms. The number of fused-ring (bicyclic) bond motifs is 2. The second-order valence-corrected chi connectivity index (χ2v) is 10.00. The molecule has 2 aromatic carbocycles. The number of aryl methyl sites for hydroxylation is 1. The van der Waals surface area contributed by atoms with Crippen LogP contribution in [0.4, 0.5) is 17.5 Å². The lowest BCUT2D eigenvalue weighted by atomic mass is 10.0. The number of aromatic nitrogens is 6. The minimum absolute atomic E-state index is 0.0381. The zero-order chi connectivity index (χ0) is 26.4. The summed E-state index contributed by atoms with van der Waals surface area (Å²) in [5.41, 5.74) is 5.54. The van der Waals surface area contributed by atoms with Crippen LogP contribution in [-0.4, -0.2) is 67.2 Å². The average Bonchev–Trinajstić information content (AvgIpc) is 3.23. The van der Waals surface area contributed by atoms with Gasteiger partial charge in [0.1, 0.15) is 12.1 Å². The lowest BCUT2D eigenvalue weighted by molar-refractivity contribution is -0.120. The van der Waals surface area contributed by atoms with Crippen LogP contribution in [0, 0.1) is 0 Å². The molecule has 0 saturated carbocycles. The SMILES string of the molecule is CC(C)c1c2cc(-c3ccnc(Nc4ccc5c(N6CCN(C)CC6=O)ncnc5c4)n3)ccc2nn1C. The fourth-order valence-corrected chi connectivity index (χ4v) is 5.12. The minimum atomic E-state index is 0.0381. The Labute approximate surface area is 220 Å². The number of nitrogens with one attached hydrogen (secondary N) is 1. The van der Waals surface area contributed by atoms with Gasteiger partial charge in [0, 0.05) is 54.1 Å². The third kappa shape index (κ3) is 4.32. The van der Waals surface area contributed by atoms with Crippen molar-refractivity contribution in [3.05, 3.63) is 60.7 Å². The molecule has 1 amide bonds. The molecule has 10 nitrogen and oxygen atoms in total. The van der Waals surface area contributed by atoms with Crippen LogP contribution in [0.1, 0.15) is 25.5 Å². The largest absolute Gasteiger partial charge is 0.324 e. The summed E-state index contributed by atoms with van der Waals surface area (Å²) >= 11 is 0. The van der Waals surface area contributed by atoms with Gasteiger partial charge in [-0.2, -0.15) is 5.10 Å². The van der Waals surface area contributed by atoms with Crippen LogP contribution in [0.5, 0.6) is 0 Å². The number of likely N-dealkylation sites (N-methyl/N-ethyl adjacent to an activating group) is 1. The average molecular weight is 508 g/mol. The third-order valence-corrected chi connectivity index (χ3v) is 6.92. The molecule has 0 radical (unpaired) electrons. The summed E-state index contributed by atoms with van der Waals surface area (Å²) < 4.78 is 1.96. The van der Waals surface area contributed by atoms with Gasteiger partial charge in [-0.15, -0.1) is 0 Å². The van der Waals surface area contributed by atoms with Crippen LogP contribution in [-0.2, 0) is 11.8 Å². The Morgan fingerprint density at radius 2 is 1.79 bits per heavy atom. The number of carbonyl (C=O) groups excluding carboxylic acids is 1. The van der Waals surface area contributed by atoms with Crippen molar-refractivity contribution in [1.29, 1.82) is 0 Å². The second kappa shape index (κ2) is 9.46. The van der Waals surface area contributed by atoms with Gasteiger partial charge in [0.05, 0.1) is 23.3 Å². The molecular weight excluding hydrogens is 478 g/mol. The van der Waals surface area contributed by atoms with Crippen molar-refractivity contribution < 1.29 is 4.79 Å². The molecule has 1 N–H and O–H groups in total. The Morgan fingerprint density at radius 1 is 0.921 bits per heavy atom. The smallest absolute Gasteiger partial charge is 0.242 e. The fraction of sp³-hybridized carbons (Fsp3) is 0.286. The quantitative estimate of drug-likeness (QED) is 0.379. The minimum Gasteiger partial charge on any atom is -0.324 e. The summed E-state index contributed by atoms with van der Waals surface area (Å²) in [7, 11) is 3.94. The maximum Gasteiger partial charge on any atom is 0.242 e. The summed E-state index contributed by atoms with van der Waals surface area (Å²) in [5.74, 6) is 1.52. The van der Waals surface area contributed by atoms with Crippen molar-refractivity contribution in [1.82, 2.24) is 34.6 Å². The molecule has 0 bridgehead atoms. The summed E-state index contributed by atoms with van der Waals surface area (Å²) in [6.45, 7) is 6.14. The van der Waals surface area contributed by atoms with E-state index in [0.717, 1.165) is 45.3 Å². The monoisotopic (exact) mass is 507 g/mol. The first-order valence-corrected chi connectivity index (χ1v) is 12.7. The van der Waals surface area contributed by atoms with Crippen molar-refractivity contribution >= 4 is 45.2 Å². The first-order chi connectivity index (χ1) is 18.4. The van der Waals surface area contributed by atoms with E-state index in [9.17, 15) is 4.79 Å². The lowest BCUT2D eigenvalue weighted by Gasteiger charge is -2.31. The van der Waals surface area contributed by atoms with E-state index in [1.54, 1.807) is 11.1 Å². The number of nitrogens with zero attached hydrogens (tertiary/aromatic N) is 8. The molecule has 6 rings (SSSR count). The summed E-state index contributed by atoms with van der Waals surface area (Å²) in [5, 5.41) is 9.92. The molecule has 3 aromatic heterocycles. The Bertz CT molecular complexity index is 1680. The number of amides is 1. The Morgan fingerprint density at radius 3 is 2.61 bits per heavy atom. The van der Waals surface area contributed by atoms with Gasteiger partial charge in [-0.25, -0.2) is 19.9 Å². The predicted octanol–water partition coefficient (Wildman–Crippen LogP) is 4.12. The van der Waals surface area contributed by atoms with E-state index < -0.39 is 0 Å². The Hall–Kier alpha value is -4.44. The van der Waals surface area contributed by atoms with Gasteiger partial charge in [-0.3, -0.25) is 19.3 Å². The van der Waals surface area contributed by atoms with Gasteiger partial charge >= 0.3 is 0 Å². The highest BCUT2D eigenvalue weighted by atomic mass is 16.2. The molecule has 1 saturated heterocycles. The zero-order valence-corrected chi connectivity index (χ0v) is 21.9. The predicted molar refractivity (Wildman–Crippen MR) is 148 cm³/mol. The summed E-state index contributed by atoms with van der Waals surface area (Å²) in [6, 6.07) is 13.9. The van der Waals surface area contributed by atoms with Crippen molar-refractivity contribution in [3.63, 3.8) is 0 Å². The van der Waals surface area contributed by atoms with E-state index in [0.29, 0.717) is 30.8 Å². The molecule has 10 heteroatoms. The van der Waals surface area contributed by atoms with Gasteiger partial charge in [-0.1, -0.05) is 19.9 Å². The first kappa shape index (κ1) is 23.9. The third-order valence-electron chi connectivity index (χ3n) is 6.92. The summed E-state index contributed by atoms with van der Waals surface area (Å²) in [4.78, 5) is 34.5. The number of piperazine rings is 1. The highest BCUT2D eigenvalue weighted by Crippen LogP contribution is 2.30. The zero-order valence-electron chi connectivity index (χ0n) is 21.9. The molecule has 1 fully saturated rings. The number of anilines is 3. The van der Waals surface area contributed by atoms with Crippen LogP contribution < -0.4 is 10.2 Å². The van der Waals surface area contributed by atoms with Gasteiger partial charge in [0.2, 0.25) is 11.9 Å². The van der Waals surface area contributed by atoms with Gasteiger partial charge in [0.25, 0.3) is 0 Å². The molecule has 38 heavy (non-hydrogen) atoms. The van der Waals surface area contributed by atoms with Crippen molar-refractivity contribution in [2.45, 2.75) is 19.8 Å². The topological polar surface area (TPSA) is 105 Å². The van der Waals surface area contributed by atoms with E-state index in [1.165, 1.54) is 12.0 Å². The van der Waals surface area contributed by atoms with Crippen LogP contribution in [0.25, 0.3) is 33.1 Å². The number of benzene rings is 2. The van der Waals surface area contributed by atoms with Crippen molar-refractivity contribution in [2.75, 3.05) is 36.9 Å². The second-order valence-electron chi connectivity index (χ2n) is 10.00. The maximum atomic E-state index is 12.6. The van der Waals surface area contributed by atoms with Crippen LogP contribution in [0.15, 0.2) is 55.0 Å². The molecule has 1 aliphatic rings. The van der Waals surface area contributed by atoms with E-state index in [-0.39, 0.29) is 5.91 Å². The molecule has 192 valence electrons. The maximum absolute atomic E-state index is 12.6. The summed E-state index contributed by atoms with van der Waals surface area (Å²) in [6.07, 6.45) is 3.26. The van der Waals surface area contributed by atoms with Gasteiger partial charge in [0.15, 0.2) is 0 Å². The molecule has 5 aromatic rings. The lowest BCUT2D eigenvalue weighted by Crippen LogP contribution is -2.49. The number of carbonyl (C=O) groups is 1. The first-order valence-electron chi connectivity index (χ1n) is 12.7. The molecular formula is C28H29N9O. The van der Waals surface area contributed by atoms with Crippen LogP contribution in [0.2, 0.25) is 0 Å². The van der Waals surface area contributed by atoms with Gasteiger partial charge in [-0.05, 0) is 49.4 Å².